The predicted octanol–water partition coefficient (Wildman–Crippen LogP) is 1.42. The van der Waals surface area contributed by atoms with E-state index in [1.54, 1.807) is 11.3 Å². The van der Waals surface area contributed by atoms with Gasteiger partial charge in [-0.25, -0.2) is 0 Å². The van der Waals surface area contributed by atoms with Gasteiger partial charge < -0.3 is 11.1 Å². The summed E-state index contributed by atoms with van der Waals surface area (Å²) >= 11 is 1.75. The van der Waals surface area contributed by atoms with E-state index in [-0.39, 0.29) is 24.9 Å². The van der Waals surface area contributed by atoms with Crippen molar-refractivity contribution < 1.29 is 4.79 Å². The highest BCUT2D eigenvalue weighted by atomic mass is 35.5. The number of amides is 1. The van der Waals surface area contributed by atoms with Crippen LogP contribution in [0.1, 0.15) is 11.8 Å². The second-order valence-corrected chi connectivity index (χ2v) is 4.43. The van der Waals surface area contributed by atoms with Gasteiger partial charge in [-0.05, 0) is 23.8 Å². The summed E-state index contributed by atoms with van der Waals surface area (Å²) in [6, 6.07) is 4.16. The van der Waals surface area contributed by atoms with Gasteiger partial charge in [0.2, 0.25) is 5.91 Å². The van der Waals surface area contributed by atoms with Crippen molar-refractivity contribution in [2.24, 2.45) is 11.7 Å². The van der Waals surface area contributed by atoms with Crippen LogP contribution in [0.25, 0.3) is 0 Å². The molecule has 0 saturated heterocycles. The highest BCUT2D eigenvalue weighted by Gasteiger charge is 2.05. The minimum Gasteiger partial charge on any atom is -0.355 e. The molecular formula is C10H17ClN2OS. The zero-order valence-electron chi connectivity index (χ0n) is 8.73. The summed E-state index contributed by atoms with van der Waals surface area (Å²) in [5.41, 5.74) is 5.18. The molecule has 1 atom stereocenters. The summed E-state index contributed by atoms with van der Waals surface area (Å²) in [6.45, 7) is 2.90. The molecule has 1 aromatic rings. The fourth-order valence-corrected chi connectivity index (χ4v) is 2.07. The molecule has 5 heteroatoms. The number of hydrogen-bond acceptors (Lipinski definition) is 3. The van der Waals surface area contributed by atoms with Gasteiger partial charge in [0.1, 0.15) is 0 Å². The van der Waals surface area contributed by atoms with Crippen LogP contribution >= 0.6 is 23.7 Å². The molecule has 0 aliphatic heterocycles. The van der Waals surface area contributed by atoms with E-state index in [1.807, 2.05) is 6.07 Å². The van der Waals surface area contributed by atoms with Crippen molar-refractivity contribution in [3.05, 3.63) is 22.4 Å². The summed E-state index contributed by atoms with van der Waals surface area (Å²) in [5, 5.41) is 4.86. The number of nitrogens with two attached hydrogens (primary N) is 1. The third kappa shape index (κ3) is 5.77. The van der Waals surface area contributed by atoms with Gasteiger partial charge in [0.25, 0.3) is 0 Å². The SMILES string of the molecule is CC(CNC(=O)CN)Cc1cccs1.Cl. The molecule has 15 heavy (non-hydrogen) atoms. The first-order valence-electron chi connectivity index (χ1n) is 4.71. The third-order valence-electron chi connectivity index (χ3n) is 1.96. The van der Waals surface area contributed by atoms with Crippen molar-refractivity contribution in [1.29, 1.82) is 0 Å². The zero-order valence-corrected chi connectivity index (χ0v) is 10.4. The number of thiophene rings is 1. The molecule has 1 unspecified atom stereocenters. The molecule has 0 aromatic carbocycles. The first-order chi connectivity index (χ1) is 6.72. The fraction of sp³-hybridized carbons (Fsp3) is 0.500. The van der Waals surface area contributed by atoms with Crippen LogP contribution in [0.5, 0.6) is 0 Å². The number of nitrogens with one attached hydrogen (secondary N) is 1. The van der Waals surface area contributed by atoms with Crippen LogP contribution in [0.4, 0.5) is 0 Å². The van der Waals surface area contributed by atoms with Crippen LogP contribution in [0.2, 0.25) is 0 Å². The first-order valence-corrected chi connectivity index (χ1v) is 5.59. The van der Waals surface area contributed by atoms with E-state index in [0.29, 0.717) is 12.5 Å². The standard InChI is InChI=1S/C10H16N2OS.ClH/c1-8(7-12-10(13)6-11)5-9-3-2-4-14-9;/h2-4,8H,5-7,11H2,1H3,(H,12,13);1H. The Morgan fingerprint density at radius 3 is 2.93 bits per heavy atom. The van der Waals surface area contributed by atoms with Crippen LogP contribution in [-0.2, 0) is 11.2 Å². The average molecular weight is 249 g/mol. The Balaban J connectivity index is 0.00000196. The maximum atomic E-state index is 10.9. The van der Waals surface area contributed by atoms with Gasteiger partial charge in [-0.1, -0.05) is 13.0 Å². The Hall–Kier alpha value is -0.580. The first kappa shape index (κ1) is 14.4. The predicted molar refractivity (Wildman–Crippen MR) is 66.5 cm³/mol. The number of hydrogen-bond donors (Lipinski definition) is 2. The summed E-state index contributed by atoms with van der Waals surface area (Å²) < 4.78 is 0. The molecule has 3 nitrogen and oxygen atoms in total. The van der Waals surface area contributed by atoms with E-state index in [2.05, 4.69) is 23.7 Å². The van der Waals surface area contributed by atoms with E-state index in [0.717, 1.165) is 6.42 Å². The molecule has 0 aliphatic rings. The minimum absolute atomic E-state index is 0. The van der Waals surface area contributed by atoms with Gasteiger partial charge in [0.05, 0.1) is 6.54 Å². The van der Waals surface area contributed by atoms with Crippen LogP contribution in [-0.4, -0.2) is 19.0 Å². The maximum Gasteiger partial charge on any atom is 0.233 e. The lowest BCUT2D eigenvalue weighted by Gasteiger charge is -2.10. The van der Waals surface area contributed by atoms with Gasteiger partial charge in [-0.3, -0.25) is 4.79 Å². The van der Waals surface area contributed by atoms with Gasteiger partial charge in [0, 0.05) is 11.4 Å². The lowest BCUT2D eigenvalue weighted by Crippen LogP contribution is -2.33. The molecule has 0 radical (unpaired) electrons. The molecule has 1 heterocycles. The Morgan fingerprint density at radius 2 is 2.40 bits per heavy atom. The van der Waals surface area contributed by atoms with E-state index >= 15 is 0 Å². The number of halogens is 1. The molecule has 1 amide bonds. The topological polar surface area (TPSA) is 55.1 Å². The van der Waals surface area contributed by atoms with Crippen molar-refractivity contribution >= 4 is 29.7 Å². The fourth-order valence-electron chi connectivity index (χ4n) is 1.20. The van der Waals surface area contributed by atoms with Crippen molar-refractivity contribution in [3.63, 3.8) is 0 Å². The Labute approximate surface area is 100 Å². The van der Waals surface area contributed by atoms with Gasteiger partial charge in [-0.15, -0.1) is 23.7 Å². The Morgan fingerprint density at radius 1 is 1.67 bits per heavy atom. The van der Waals surface area contributed by atoms with Crippen molar-refractivity contribution in [2.75, 3.05) is 13.1 Å². The zero-order chi connectivity index (χ0) is 10.4. The van der Waals surface area contributed by atoms with Crippen molar-refractivity contribution in [1.82, 2.24) is 5.32 Å². The van der Waals surface area contributed by atoms with E-state index in [1.165, 1.54) is 4.88 Å². The summed E-state index contributed by atoms with van der Waals surface area (Å²) in [6.07, 6.45) is 1.02. The van der Waals surface area contributed by atoms with Gasteiger partial charge in [-0.2, -0.15) is 0 Å². The van der Waals surface area contributed by atoms with Crippen LogP contribution in [0.15, 0.2) is 17.5 Å². The van der Waals surface area contributed by atoms with Crippen molar-refractivity contribution in [2.45, 2.75) is 13.3 Å². The molecule has 0 saturated carbocycles. The minimum atomic E-state index is -0.0805. The number of carbonyl (C=O) groups excluding carboxylic acids is 1. The lowest BCUT2D eigenvalue weighted by atomic mass is 10.1. The highest BCUT2D eigenvalue weighted by molar-refractivity contribution is 7.09. The summed E-state index contributed by atoms with van der Waals surface area (Å²) in [4.78, 5) is 12.2. The molecule has 1 aromatic heterocycles. The molecule has 1 rings (SSSR count). The highest BCUT2D eigenvalue weighted by Crippen LogP contribution is 2.13. The average Bonchev–Trinajstić information content (AvgIpc) is 2.66. The molecule has 0 aliphatic carbocycles. The quantitative estimate of drug-likeness (QED) is 0.828. The lowest BCUT2D eigenvalue weighted by molar-refractivity contribution is -0.119. The second kappa shape index (κ2) is 7.68. The van der Waals surface area contributed by atoms with Crippen LogP contribution in [0, 0.1) is 5.92 Å². The third-order valence-corrected chi connectivity index (χ3v) is 2.86. The monoisotopic (exact) mass is 248 g/mol. The van der Waals surface area contributed by atoms with Gasteiger partial charge >= 0.3 is 0 Å². The van der Waals surface area contributed by atoms with Crippen LogP contribution in [0.3, 0.4) is 0 Å². The molecule has 0 spiro atoms. The van der Waals surface area contributed by atoms with E-state index in [4.69, 9.17) is 5.73 Å². The number of rotatable bonds is 5. The normalized spacial score (nSPS) is 11.6. The smallest absolute Gasteiger partial charge is 0.233 e. The summed E-state index contributed by atoms with van der Waals surface area (Å²) in [7, 11) is 0. The molecular weight excluding hydrogens is 232 g/mol. The molecule has 86 valence electrons. The molecule has 0 fully saturated rings. The Kier molecular flexibility index (Phi) is 7.38. The van der Waals surface area contributed by atoms with E-state index < -0.39 is 0 Å². The molecule has 3 N–H and O–H groups in total. The summed E-state index contributed by atoms with van der Waals surface area (Å²) in [5.74, 6) is 0.382. The van der Waals surface area contributed by atoms with Gasteiger partial charge in [0.15, 0.2) is 0 Å². The Bertz CT molecular complexity index is 277. The van der Waals surface area contributed by atoms with Crippen molar-refractivity contribution in [3.8, 4) is 0 Å². The van der Waals surface area contributed by atoms with E-state index in [9.17, 15) is 4.79 Å². The largest absolute Gasteiger partial charge is 0.355 e. The molecule has 0 bridgehead atoms. The maximum absolute atomic E-state index is 10.9. The number of carbonyl (C=O) groups is 1. The second-order valence-electron chi connectivity index (χ2n) is 3.40. The van der Waals surface area contributed by atoms with Crippen LogP contribution < -0.4 is 11.1 Å².